The Kier molecular flexibility index (Phi) is 5.20. The van der Waals surface area contributed by atoms with Gasteiger partial charge in [-0.1, -0.05) is 18.2 Å². The van der Waals surface area contributed by atoms with E-state index >= 15 is 0 Å². The fraction of sp³-hybridized carbons (Fsp3) is 0.385. The molecule has 0 aliphatic carbocycles. The number of aryl methyl sites for hydroxylation is 1. The third-order valence-electron chi connectivity index (χ3n) is 2.41. The fourth-order valence-corrected chi connectivity index (χ4v) is 1.52. The van der Waals surface area contributed by atoms with Gasteiger partial charge in [-0.3, -0.25) is 4.79 Å². The second-order valence-corrected chi connectivity index (χ2v) is 3.80. The van der Waals surface area contributed by atoms with E-state index in [0.29, 0.717) is 19.1 Å². The van der Waals surface area contributed by atoms with Crippen LogP contribution in [0.3, 0.4) is 0 Å². The first-order chi connectivity index (χ1) is 8.17. The highest BCUT2D eigenvalue weighted by Gasteiger charge is 2.08. The molecule has 1 atom stereocenters. The lowest BCUT2D eigenvalue weighted by Crippen LogP contribution is -2.33. The van der Waals surface area contributed by atoms with E-state index in [0.717, 1.165) is 11.3 Å². The molecule has 0 unspecified atom stereocenters. The van der Waals surface area contributed by atoms with Gasteiger partial charge in [-0.05, 0) is 25.0 Å². The summed E-state index contributed by atoms with van der Waals surface area (Å²) in [6.07, 6.45) is 1.65. The van der Waals surface area contributed by atoms with Crippen LogP contribution in [-0.2, 0) is 16.0 Å². The highest BCUT2D eigenvalue weighted by molar-refractivity contribution is 5.79. The summed E-state index contributed by atoms with van der Waals surface area (Å²) in [6, 6.07) is 7.15. The molecule has 0 fully saturated rings. The predicted octanol–water partition coefficient (Wildman–Crippen LogP) is 1.33. The van der Waals surface area contributed by atoms with Crippen molar-refractivity contribution in [2.24, 2.45) is 0 Å². The summed E-state index contributed by atoms with van der Waals surface area (Å²) in [6.45, 7) is 1.65. The van der Waals surface area contributed by atoms with Crippen molar-refractivity contribution in [1.29, 1.82) is 0 Å². The number of carbonyl (C=O) groups excluding carboxylic acids is 2. The van der Waals surface area contributed by atoms with Crippen molar-refractivity contribution >= 4 is 12.2 Å². The third-order valence-corrected chi connectivity index (χ3v) is 2.41. The first-order valence-corrected chi connectivity index (χ1v) is 5.54. The van der Waals surface area contributed by atoms with Gasteiger partial charge in [-0.2, -0.15) is 0 Å². The number of ether oxygens (including phenoxy) is 1. The number of rotatable bonds is 6. The molecule has 0 bridgehead atoms. The van der Waals surface area contributed by atoms with Crippen molar-refractivity contribution in [3.63, 3.8) is 0 Å². The van der Waals surface area contributed by atoms with Gasteiger partial charge in [0.1, 0.15) is 12.0 Å². The van der Waals surface area contributed by atoms with Gasteiger partial charge >= 0.3 is 0 Å². The second-order valence-electron chi connectivity index (χ2n) is 3.80. The molecular weight excluding hydrogens is 218 g/mol. The van der Waals surface area contributed by atoms with Crippen molar-refractivity contribution in [1.82, 2.24) is 5.32 Å². The smallest absolute Gasteiger partial charge is 0.220 e. The van der Waals surface area contributed by atoms with E-state index < -0.39 is 6.04 Å². The minimum absolute atomic E-state index is 0.129. The molecule has 0 aliphatic heterocycles. The Morgan fingerprint density at radius 1 is 1.47 bits per heavy atom. The predicted molar refractivity (Wildman–Crippen MR) is 65.0 cm³/mol. The van der Waals surface area contributed by atoms with E-state index in [4.69, 9.17) is 4.74 Å². The van der Waals surface area contributed by atoms with Crippen LogP contribution in [0, 0.1) is 0 Å². The molecule has 0 aromatic heterocycles. The van der Waals surface area contributed by atoms with Crippen molar-refractivity contribution in [3.05, 3.63) is 29.8 Å². The molecule has 0 heterocycles. The molecule has 1 N–H and O–H groups in total. The number of hydrogen-bond donors (Lipinski definition) is 1. The molecule has 4 nitrogen and oxygen atoms in total. The van der Waals surface area contributed by atoms with Crippen molar-refractivity contribution < 1.29 is 14.3 Å². The van der Waals surface area contributed by atoms with Crippen LogP contribution in [-0.4, -0.2) is 25.3 Å². The van der Waals surface area contributed by atoms with Crippen LogP contribution in [0.15, 0.2) is 24.3 Å². The molecule has 1 aromatic rings. The van der Waals surface area contributed by atoms with Crippen LogP contribution in [0.2, 0.25) is 0 Å². The zero-order valence-electron chi connectivity index (χ0n) is 10.1. The number of para-hydroxylation sites is 1. The van der Waals surface area contributed by atoms with Gasteiger partial charge < -0.3 is 14.8 Å². The monoisotopic (exact) mass is 235 g/mol. The maximum Gasteiger partial charge on any atom is 0.220 e. The molecule has 1 aromatic carbocycles. The Morgan fingerprint density at radius 3 is 2.82 bits per heavy atom. The lowest BCUT2D eigenvalue weighted by Gasteiger charge is -2.09. The zero-order chi connectivity index (χ0) is 12.7. The van der Waals surface area contributed by atoms with Gasteiger partial charge in [-0.25, -0.2) is 0 Å². The molecule has 0 radical (unpaired) electrons. The normalized spacial score (nSPS) is 11.6. The van der Waals surface area contributed by atoms with Gasteiger partial charge in [0, 0.05) is 6.42 Å². The Bertz CT molecular complexity index is 390. The first kappa shape index (κ1) is 13.2. The molecule has 1 rings (SSSR count). The van der Waals surface area contributed by atoms with Crippen molar-refractivity contribution in [2.75, 3.05) is 7.11 Å². The van der Waals surface area contributed by atoms with Crippen LogP contribution < -0.4 is 10.1 Å². The van der Waals surface area contributed by atoms with Crippen LogP contribution in [0.5, 0.6) is 5.75 Å². The molecule has 17 heavy (non-hydrogen) atoms. The molecule has 0 saturated heterocycles. The van der Waals surface area contributed by atoms with Crippen molar-refractivity contribution in [3.8, 4) is 5.75 Å². The fourth-order valence-electron chi connectivity index (χ4n) is 1.52. The summed E-state index contributed by atoms with van der Waals surface area (Å²) in [7, 11) is 1.60. The highest BCUT2D eigenvalue weighted by atomic mass is 16.5. The summed E-state index contributed by atoms with van der Waals surface area (Å²) in [5, 5.41) is 2.59. The first-order valence-electron chi connectivity index (χ1n) is 5.54. The number of amides is 1. The van der Waals surface area contributed by atoms with Crippen LogP contribution in [0.4, 0.5) is 0 Å². The molecule has 1 amide bonds. The van der Waals surface area contributed by atoms with Crippen LogP contribution >= 0.6 is 0 Å². The Morgan fingerprint density at radius 2 is 2.18 bits per heavy atom. The van der Waals surface area contributed by atoms with Gasteiger partial charge in [0.15, 0.2) is 0 Å². The maximum atomic E-state index is 11.5. The number of hydrogen-bond acceptors (Lipinski definition) is 3. The molecule has 0 aliphatic rings. The van der Waals surface area contributed by atoms with E-state index in [1.165, 1.54) is 0 Å². The standard InChI is InChI=1S/C13H17NO3/c1-10(9-15)14-13(16)8-7-11-5-3-4-6-12(11)17-2/h3-6,9-10H,7-8H2,1-2H3,(H,14,16)/t10-/m0/s1. The summed E-state index contributed by atoms with van der Waals surface area (Å²) >= 11 is 0. The van der Waals surface area contributed by atoms with E-state index in [1.807, 2.05) is 24.3 Å². The zero-order valence-corrected chi connectivity index (χ0v) is 10.1. The quantitative estimate of drug-likeness (QED) is 0.757. The van der Waals surface area contributed by atoms with Crippen LogP contribution in [0.1, 0.15) is 18.9 Å². The number of methoxy groups -OCH3 is 1. The average molecular weight is 235 g/mol. The molecule has 92 valence electrons. The molecular formula is C13H17NO3. The Balaban J connectivity index is 2.49. The lowest BCUT2D eigenvalue weighted by molar-refractivity contribution is -0.123. The molecule has 4 heteroatoms. The summed E-state index contributed by atoms with van der Waals surface area (Å²) in [4.78, 5) is 21.9. The van der Waals surface area contributed by atoms with E-state index in [1.54, 1.807) is 14.0 Å². The highest BCUT2D eigenvalue weighted by Crippen LogP contribution is 2.18. The third kappa shape index (κ3) is 4.26. The summed E-state index contributed by atoms with van der Waals surface area (Å²) in [5.41, 5.74) is 0.990. The maximum absolute atomic E-state index is 11.5. The minimum atomic E-state index is -0.430. The molecule has 0 saturated carbocycles. The van der Waals surface area contributed by atoms with Gasteiger partial charge in [0.2, 0.25) is 5.91 Å². The largest absolute Gasteiger partial charge is 0.496 e. The number of aldehydes is 1. The Hall–Kier alpha value is -1.84. The minimum Gasteiger partial charge on any atom is -0.496 e. The summed E-state index contributed by atoms with van der Waals surface area (Å²) in [5.74, 6) is 0.652. The Labute approximate surface area is 101 Å². The topological polar surface area (TPSA) is 55.4 Å². The summed E-state index contributed by atoms with van der Waals surface area (Å²) < 4.78 is 5.19. The van der Waals surface area contributed by atoms with Gasteiger partial charge in [0.05, 0.1) is 13.2 Å². The second kappa shape index (κ2) is 6.68. The number of carbonyl (C=O) groups is 2. The van der Waals surface area contributed by atoms with E-state index in [9.17, 15) is 9.59 Å². The van der Waals surface area contributed by atoms with Crippen LogP contribution in [0.25, 0.3) is 0 Å². The van der Waals surface area contributed by atoms with Gasteiger partial charge in [0.25, 0.3) is 0 Å². The van der Waals surface area contributed by atoms with E-state index in [2.05, 4.69) is 5.32 Å². The average Bonchev–Trinajstić information content (AvgIpc) is 2.36. The molecule has 0 spiro atoms. The number of nitrogens with one attached hydrogen (secondary N) is 1. The van der Waals surface area contributed by atoms with Crippen molar-refractivity contribution in [2.45, 2.75) is 25.8 Å². The van der Waals surface area contributed by atoms with Gasteiger partial charge in [-0.15, -0.1) is 0 Å². The van der Waals surface area contributed by atoms with E-state index in [-0.39, 0.29) is 5.91 Å². The lowest BCUT2D eigenvalue weighted by atomic mass is 10.1. The number of benzene rings is 1. The SMILES string of the molecule is COc1ccccc1CCC(=O)N[C@@H](C)C=O.